The first kappa shape index (κ1) is 15.2. The summed E-state index contributed by atoms with van der Waals surface area (Å²) < 4.78 is 6.54. The smallest absolute Gasteiger partial charge is 0.0558 e. The highest BCUT2D eigenvalue weighted by Crippen LogP contribution is 2.22. The Morgan fingerprint density at radius 2 is 2.29 bits per heavy atom. The number of rotatable bonds is 8. The van der Waals surface area contributed by atoms with Gasteiger partial charge in [-0.25, -0.2) is 0 Å². The molecular weight excluding hydrogens is 298 g/mol. The van der Waals surface area contributed by atoms with E-state index in [1.165, 1.54) is 15.8 Å². The molecule has 0 saturated carbocycles. The molecule has 1 rings (SSSR count). The van der Waals surface area contributed by atoms with Crippen molar-refractivity contribution in [2.75, 3.05) is 13.7 Å². The molecule has 2 atom stereocenters. The van der Waals surface area contributed by atoms with Gasteiger partial charge in [-0.2, -0.15) is 0 Å². The first-order valence-corrected chi connectivity index (χ1v) is 7.82. The zero-order valence-electron chi connectivity index (χ0n) is 10.8. The minimum Gasteiger partial charge on any atom is -0.382 e. The lowest BCUT2D eigenvalue weighted by atomic mass is 10.1. The average molecular weight is 320 g/mol. The molecule has 2 nitrogen and oxygen atoms in total. The quantitative estimate of drug-likeness (QED) is 0.786. The van der Waals surface area contributed by atoms with Crippen LogP contribution in [-0.2, 0) is 11.2 Å². The molecule has 1 aromatic rings. The molecule has 1 N–H and O–H groups in total. The first-order chi connectivity index (χ1) is 8.15. The summed E-state index contributed by atoms with van der Waals surface area (Å²) in [5.74, 6) is 0. The third-order valence-corrected chi connectivity index (χ3v) is 4.49. The van der Waals surface area contributed by atoms with Crippen LogP contribution in [0.15, 0.2) is 15.9 Å². The standard InChI is InChI=1S/C13H22BrNOS/c1-4-5-15-12(6-10(2)16-3)8-13-7-11(14)9-17-13/h7,9-10,12,15H,4-6,8H2,1-3H3. The van der Waals surface area contributed by atoms with Crippen molar-refractivity contribution in [3.05, 3.63) is 20.8 Å². The highest BCUT2D eigenvalue weighted by atomic mass is 79.9. The Kier molecular flexibility index (Phi) is 7.35. The Morgan fingerprint density at radius 3 is 2.82 bits per heavy atom. The maximum Gasteiger partial charge on any atom is 0.0558 e. The van der Waals surface area contributed by atoms with Crippen molar-refractivity contribution in [1.82, 2.24) is 5.32 Å². The van der Waals surface area contributed by atoms with E-state index in [2.05, 4.69) is 46.5 Å². The molecule has 1 aromatic heterocycles. The fourth-order valence-electron chi connectivity index (χ4n) is 1.79. The summed E-state index contributed by atoms with van der Waals surface area (Å²) in [6.07, 6.45) is 3.63. The highest BCUT2D eigenvalue weighted by molar-refractivity contribution is 9.10. The van der Waals surface area contributed by atoms with E-state index in [0.29, 0.717) is 12.1 Å². The predicted octanol–water partition coefficient (Wildman–Crippen LogP) is 3.85. The molecule has 0 radical (unpaired) electrons. The van der Waals surface area contributed by atoms with Gasteiger partial charge in [0.15, 0.2) is 0 Å². The second-order valence-corrected chi connectivity index (χ2v) is 6.28. The van der Waals surface area contributed by atoms with Gasteiger partial charge < -0.3 is 10.1 Å². The predicted molar refractivity (Wildman–Crippen MR) is 78.9 cm³/mol. The summed E-state index contributed by atoms with van der Waals surface area (Å²) in [6, 6.07) is 2.72. The Balaban J connectivity index is 2.50. The van der Waals surface area contributed by atoms with Crippen molar-refractivity contribution in [2.45, 2.75) is 45.3 Å². The van der Waals surface area contributed by atoms with Crippen molar-refractivity contribution < 1.29 is 4.74 Å². The van der Waals surface area contributed by atoms with Crippen LogP contribution < -0.4 is 5.32 Å². The van der Waals surface area contributed by atoms with E-state index in [1.54, 1.807) is 7.11 Å². The third-order valence-electron chi connectivity index (χ3n) is 2.77. The molecule has 2 unspecified atom stereocenters. The SMILES string of the molecule is CCCNC(Cc1cc(Br)cs1)CC(C)OC. The van der Waals surface area contributed by atoms with Gasteiger partial charge in [-0.3, -0.25) is 0 Å². The molecule has 98 valence electrons. The van der Waals surface area contributed by atoms with Crippen LogP contribution in [0.3, 0.4) is 0 Å². The summed E-state index contributed by atoms with van der Waals surface area (Å²) in [4.78, 5) is 1.42. The molecule has 0 bridgehead atoms. The van der Waals surface area contributed by atoms with E-state index in [4.69, 9.17) is 4.74 Å². The van der Waals surface area contributed by atoms with Crippen LogP contribution in [0.2, 0.25) is 0 Å². The van der Waals surface area contributed by atoms with Gasteiger partial charge in [-0.05, 0) is 54.7 Å². The van der Waals surface area contributed by atoms with Crippen LogP contribution in [0.5, 0.6) is 0 Å². The largest absolute Gasteiger partial charge is 0.382 e. The fourth-order valence-corrected chi connectivity index (χ4v) is 3.32. The van der Waals surface area contributed by atoms with Gasteiger partial charge in [0.2, 0.25) is 0 Å². The summed E-state index contributed by atoms with van der Waals surface area (Å²) in [7, 11) is 1.78. The molecule has 1 heterocycles. The lowest BCUT2D eigenvalue weighted by Gasteiger charge is -2.21. The monoisotopic (exact) mass is 319 g/mol. The highest BCUT2D eigenvalue weighted by Gasteiger charge is 2.13. The van der Waals surface area contributed by atoms with Gasteiger partial charge in [-0.15, -0.1) is 11.3 Å². The molecule has 0 saturated heterocycles. The number of hydrogen-bond acceptors (Lipinski definition) is 3. The molecule has 17 heavy (non-hydrogen) atoms. The van der Waals surface area contributed by atoms with Gasteiger partial charge in [0, 0.05) is 27.9 Å². The summed E-state index contributed by atoms with van der Waals surface area (Å²) in [5.41, 5.74) is 0. The number of thiophene rings is 1. The Bertz CT molecular complexity index is 316. The van der Waals surface area contributed by atoms with Crippen molar-refractivity contribution in [3.8, 4) is 0 Å². The topological polar surface area (TPSA) is 21.3 Å². The Labute approximate surface area is 117 Å². The van der Waals surface area contributed by atoms with E-state index in [0.717, 1.165) is 19.4 Å². The van der Waals surface area contributed by atoms with Crippen LogP contribution in [0, 0.1) is 0 Å². The van der Waals surface area contributed by atoms with Gasteiger partial charge in [0.25, 0.3) is 0 Å². The first-order valence-electron chi connectivity index (χ1n) is 6.14. The molecule has 0 aromatic carbocycles. The van der Waals surface area contributed by atoms with Crippen molar-refractivity contribution >= 4 is 27.3 Å². The summed E-state index contributed by atoms with van der Waals surface area (Å²) >= 11 is 5.32. The number of methoxy groups -OCH3 is 1. The van der Waals surface area contributed by atoms with Crippen LogP contribution >= 0.6 is 27.3 Å². The molecule has 0 amide bonds. The van der Waals surface area contributed by atoms with E-state index in [-0.39, 0.29) is 0 Å². The Hall–Kier alpha value is 0.1000. The number of halogens is 1. The maximum atomic E-state index is 5.36. The van der Waals surface area contributed by atoms with Crippen LogP contribution in [0.4, 0.5) is 0 Å². The van der Waals surface area contributed by atoms with Gasteiger partial charge in [0.05, 0.1) is 6.10 Å². The summed E-state index contributed by atoms with van der Waals surface area (Å²) in [5, 5.41) is 5.75. The minimum absolute atomic E-state index is 0.313. The van der Waals surface area contributed by atoms with Crippen molar-refractivity contribution in [3.63, 3.8) is 0 Å². The second-order valence-electron chi connectivity index (χ2n) is 4.37. The molecule has 0 aliphatic heterocycles. The molecular formula is C13H22BrNOS. The van der Waals surface area contributed by atoms with E-state index < -0.39 is 0 Å². The van der Waals surface area contributed by atoms with E-state index in [1.807, 2.05) is 11.3 Å². The fraction of sp³-hybridized carbons (Fsp3) is 0.692. The zero-order chi connectivity index (χ0) is 12.7. The van der Waals surface area contributed by atoms with Gasteiger partial charge >= 0.3 is 0 Å². The van der Waals surface area contributed by atoms with E-state index >= 15 is 0 Å². The average Bonchev–Trinajstić information content (AvgIpc) is 2.71. The van der Waals surface area contributed by atoms with Crippen LogP contribution in [0.1, 0.15) is 31.6 Å². The zero-order valence-corrected chi connectivity index (χ0v) is 13.2. The normalized spacial score (nSPS) is 14.8. The lowest BCUT2D eigenvalue weighted by molar-refractivity contribution is 0.100. The summed E-state index contributed by atoms with van der Waals surface area (Å²) in [6.45, 7) is 5.41. The van der Waals surface area contributed by atoms with Crippen molar-refractivity contribution in [1.29, 1.82) is 0 Å². The molecule has 0 fully saturated rings. The maximum absolute atomic E-state index is 5.36. The molecule has 0 aliphatic rings. The molecule has 0 spiro atoms. The van der Waals surface area contributed by atoms with Crippen LogP contribution in [-0.4, -0.2) is 25.8 Å². The molecule has 0 aliphatic carbocycles. The minimum atomic E-state index is 0.313. The van der Waals surface area contributed by atoms with Crippen molar-refractivity contribution in [2.24, 2.45) is 0 Å². The van der Waals surface area contributed by atoms with Gasteiger partial charge in [-0.1, -0.05) is 6.92 Å². The van der Waals surface area contributed by atoms with Crippen LogP contribution in [0.25, 0.3) is 0 Å². The second kappa shape index (κ2) is 8.25. The number of ether oxygens (including phenoxy) is 1. The van der Waals surface area contributed by atoms with E-state index in [9.17, 15) is 0 Å². The lowest BCUT2D eigenvalue weighted by Crippen LogP contribution is -2.34. The molecule has 4 heteroatoms. The number of nitrogens with one attached hydrogen (secondary N) is 1. The number of hydrogen-bond donors (Lipinski definition) is 1. The Morgan fingerprint density at radius 1 is 1.53 bits per heavy atom. The van der Waals surface area contributed by atoms with Gasteiger partial charge in [0.1, 0.15) is 0 Å². The third kappa shape index (κ3) is 6.00.